The van der Waals surface area contributed by atoms with Crippen molar-refractivity contribution in [3.05, 3.63) is 0 Å². The number of carbonyl (C=O) groups is 3. The first kappa shape index (κ1) is 19.5. The Bertz CT molecular complexity index is 535. The molecule has 3 amide bonds. The van der Waals surface area contributed by atoms with Gasteiger partial charge in [-0.3, -0.25) is 18.9 Å². The smallest absolute Gasteiger partial charge is 0.391 e. The van der Waals surface area contributed by atoms with Crippen LogP contribution in [0.3, 0.4) is 0 Å². The van der Waals surface area contributed by atoms with Gasteiger partial charge in [-0.2, -0.15) is 0 Å². The van der Waals surface area contributed by atoms with Gasteiger partial charge in [0.05, 0.1) is 12.2 Å². The van der Waals surface area contributed by atoms with Crippen molar-refractivity contribution in [1.29, 1.82) is 0 Å². The number of rotatable bonds is 6. The van der Waals surface area contributed by atoms with Crippen LogP contribution in [0.15, 0.2) is 0 Å². The number of nitrogens with one attached hydrogen (secondary N) is 1. The third-order valence-corrected chi connectivity index (χ3v) is 3.90. The van der Waals surface area contributed by atoms with E-state index >= 15 is 0 Å². The van der Waals surface area contributed by atoms with Crippen LogP contribution in [0.2, 0.25) is 0 Å². The molecule has 6 N–H and O–H groups in total. The Hall–Kier alpha value is -1.52. The highest BCUT2D eigenvalue weighted by Crippen LogP contribution is 2.38. The molecule has 1 aliphatic heterocycles. The number of nitrogens with two attached hydrogens (primary N) is 1. The normalized spacial score (nSPS) is 24.1. The van der Waals surface area contributed by atoms with Crippen molar-refractivity contribution in [3.8, 4) is 0 Å². The molecule has 0 aromatic carbocycles. The van der Waals surface area contributed by atoms with Gasteiger partial charge in [-0.25, -0.2) is 4.57 Å². The van der Waals surface area contributed by atoms with Crippen LogP contribution >= 0.6 is 7.82 Å². The van der Waals surface area contributed by atoms with E-state index in [2.05, 4.69) is 9.84 Å². The van der Waals surface area contributed by atoms with Crippen molar-refractivity contribution in [3.63, 3.8) is 0 Å². The minimum atomic E-state index is -4.90. The fourth-order valence-corrected chi connectivity index (χ4v) is 2.94. The maximum Gasteiger partial charge on any atom is 0.469 e. The summed E-state index contributed by atoms with van der Waals surface area (Å²) in [5.41, 5.74) is 5.18. The summed E-state index contributed by atoms with van der Waals surface area (Å²) in [6.45, 7) is 2.10. The first-order valence-electron chi connectivity index (χ1n) is 6.71. The molecule has 0 aliphatic carbocycles. The summed E-state index contributed by atoms with van der Waals surface area (Å²) in [6, 6.07) is -2.52. The highest BCUT2D eigenvalue weighted by atomic mass is 31.2. The number of hydrogen-bond acceptors (Lipinski definition) is 6. The molecular weight excluding hydrogens is 333 g/mol. The highest BCUT2D eigenvalue weighted by molar-refractivity contribution is 7.46. The van der Waals surface area contributed by atoms with Crippen LogP contribution in [0.1, 0.15) is 20.3 Å². The number of primary amides is 1. The molecule has 0 aromatic rings. The van der Waals surface area contributed by atoms with Crippen molar-refractivity contribution < 1.29 is 38.4 Å². The Morgan fingerprint density at radius 2 is 1.96 bits per heavy atom. The molecule has 1 saturated heterocycles. The third-order valence-electron chi connectivity index (χ3n) is 3.29. The Labute approximate surface area is 132 Å². The predicted octanol–water partition coefficient (Wildman–Crippen LogP) is -2.56. The molecule has 0 saturated carbocycles. The zero-order valence-corrected chi connectivity index (χ0v) is 13.5. The topological polar surface area (TPSA) is 179 Å². The minimum Gasteiger partial charge on any atom is -0.391 e. The van der Waals surface area contributed by atoms with E-state index in [1.165, 1.54) is 6.92 Å². The second-order valence-electron chi connectivity index (χ2n) is 5.28. The summed E-state index contributed by atoms with van der Waals surface area (Å²) in [4.78, 5) is 53.8. The number of phosphoric acid groups is 1. The lowest BCUT2D eigenvalue weighted by Crippen LogP contribution is -2.56. The number of aliphatic hydroxyl groups excluding tert-OH is 1. The van der Waals surface area contributed by atoms with E-state index in [-0.39, 0.29) is 13.0 Å². The second kappa shape index (κ2) is 7.37. The molecular formula is C11H20N3O8P. The van der Waals surface area contributed by atoms with Crippen LogP contribution in [0.5, 0.6) is 0 Å². The molecule has 1 fully saturated rings. The van der Waals surface area contributed by atoms with Crippen LogP contribution in [-0.2, 0) is 23.5 Å². The number of β-amino-alcohol motifs (C(OH)–C–C–N with tert-alkyl or cyclic N) is 1. The SMILES string of the molecule is CC(=O)N[C@H](C(=O)N1C[C@H](O)C[C@H]1C(N)=O)[C@@H](C)OP(=O)(O)O. The summed E-state index contributed by atoms with van der Waals surface area (Å²) < 4.78 is 15.4. The fourth-order valence-electron chi connectivity index (χ4n) is 2.38. The minimum absolute atomic E-state index is 0.0540. The van der Waals surface area contributed by atoms with Crippen LogP contribution < -0.4 is 11.1 Å². The van der Waals surface area contributed by atoms with Crippen molar-refractivity contribution in [1.82, 2.24) is 10.2 Å². The Morgan fingerprint density at radius 1 is 1.39 bits per heavy atom. The molecule has 0 aromatic heterocycles. The quantitative estimate of drug-likeness (QED) is 0.323. The molecule has 23 heavy (non-hydrogen) atoms. The van der Waals surface area contributed by atoms with Crippen molar-refractivity contribution in [2.45, 2.75) is 44.6 Å². The molecule has 0 radical (unpaired) electrons. The van der Waals surface area contributed by atoms with Crippen molar-refractivity contribution >= 4 is 25.5 Å². The van der Waals surface area contributed by atoms with Gasteiger partial charge in [-0.05, 0) is 6.92 Å². The number of hydrogen-bond donors (Lipinski definition) is 5. The third kappa shape index (κ3) is 5.56. The van der Waals surface area contributed by atoms with Gasteiger partial charge in [-0.1, -0.05) is 0 Å². The summed E-state index contributed by atoms with van der Waals surface area (Å²) in [6.07, 6.45) is -2.40. The van der Waals surface area contributed by atoms with E-state index in [1.807, 2.05) is 0 Å². The largest absolute Gasteiger partial charge is 0.469 e. The molecule has 0 bridgehead atoms. The van der Waals surface area contributed by atoms with E-state index in [1.54, 1.807) is 0 Å². The lowest BCUT2D eigenvalue weighted by atomic mass is 10.1. The molecule has 0 spiro atoms. The average molecular weight is 353 g/mol. The lowest BCUT2D eigenvalue weighted by molar-refractivity contribution is -0.142. The zero-order valence-electron chi connectivity index (χ0n) is 12.6. The zero-order chi connectivity index (χ0) is 17.9. The van der Waals surface area contributed by atoms with Gasteiger partial charge in [0.15, 0.2) is 0 Å². The number of likely N-dealkylation sites (tertiary alicyclic amines) is 1. The maximum atomic E-state index is 12.5. The molecule has 11 nitrogen and oxygen atoms in total. The number of amides is 3. The lowest BCUT2D eigenvalue weighted by Gasteiger charge is -2.30. The number of carbonyl (C=O) groups excluding carboxylic acids is 3. The van der Waals surface area contributed by atoms with Crippen LogP contribution in [0.25, 0.3) is 0 Å². The average Bonchev–Trinajstić information content (AvgIpc) is 2.75. The van der Waals surface area contributed by atoms with E-state index in [0.29, 0.717) is 0 Å². The Kier molecular flexibility index (Phi) is 6.25. The van der Waals surface area contributed by atoms with E-state index < -0.39 is 49.8 Å². The van der Waals surface area contributed by atoms with Gasteiger partial charge in [0.2, 0.25) is 17.7 Å². The molecule has 1 rings (SSSR count). The molecule has 132 valence electrons. The molecule has 1 aliphatic rings. The monoisotopic (exact) mass is 353 g/mol. The van der Waals surface area contributed by atoms with Gasteiger partial charge in [0.25, 0.3) is 0 Å². The van der Waals surface area contributed by atoms with E-state index in [9.17, 15) is 24.1 Å². The van der Waals surface area contributed by atoms with Crippen LogP contribution in [0, 0.1) is 0 Å². The van der Waals surface area contributed by atoms with Gasteiger partial charge >= 0.3 is 7.82 Å². The van der Waals surface area contributed by atoms with Crippen LogP contribution in [-0.4, -0.2) is 68.4 Å². The summed E-state index contributed by atoms with van der Waals surface area (Å²) in [5, 5.41) is 11.8. The second-order valence-corrected chi connectivity index (χ2v) is 6.47. The number of nitrogens with zero attached hydrogens (tertiary/aromatic N) is 1. The first-order chi connectivity index (χ1) is 10.4. The van der Waals surface area contributed by atoms with E-state index in [4.69, 9.17) is 15.5 Å². The maximum absolute atomic E-state index is 12.5. The Morgan fingerprint density at radius 3 is 2.39 bits per heavy atom. The Balaban J connectivity index is 3.01. The molecule has 0 unspecified atom stereocenters. The summed E-state index contributed by atoms with van der Waals surface area (Å²) >= 11 is 0. The summed E-state index contributed by atoms with van der Waals surface area (Å²) in [5.74, 6) is -2.30. The number of aliphatic hydroxyl groups is 1. The van der Waals surface area contributed by atoms with Gasteiger partial charge < -0.3 is 30.8 Å². The van der Waals surface area contributed by atoms with Crippen molar-refractivity contribution in [2.24, 2.45) is 5.73 Å². The molecule has 4 atom stereocenters. The first-order valence-corrected chi connectivity index (χ1v) is 8.24. The fraction of sp³-hybridized carbons (Fsp3) is 0.727. The van der Waals surface area contributed by atoms with Gasteiger partial charge in [-0.15, -0.1) is 0 Å². The van der Waals surface area contributed by atoms with Gasteiger partial charge in [0.1, 0.15) is 12.1 Å². The standard InChI is InChI=1S/C11H20N3O8P/c1-5(22-23(19,20)21)9(13-6(2)15)11(18)14-4-7(16)3-8(14)10(12)17/h5,7-9,16H,3-4H2,1-2H3,(H2,12,17)(H,13,15)(H2,19,20,21)/t5-,7-,8+,9+/m1/s1. The van der Waals surface area contributed by atoms with E-state index in [0.717, 1.165) is 11.8 Å². The predicted molar refractivity (Wildman–Crippen MR) is 75.5 cm³/mol. The summed E-state index contributed by atoms with van der Waals surface area (Å²) in [7, 11) is -4.90. The van der Waals surface area contributed by atoms with Gasteiger partial charge in [0, 0.05) is 19.9 Å². The highest BCUT2D eigenvalue weighted by Gasteiger charge is 2.43. The molecule has 1 heterocycles. The van der Waals surface area contributed by atoms with Crippen molar-refractivity contribution in [2.75, 3.05) is 6.54 Å². The molecule has 12 heteroatoms. The number of phosphoric ester groups is 1. The van der Waals surface area contributed by atoms with Crippen LogP contribution in [0.4, 0.5) is 0 Å².